The molecule has 1 unspecified atom stereocenters. The molecular formula is C14H14BrClOS. The molecule has 2 rings (SSSR count). The molecule has 18 heavy (non-hydrogen) atoms. The zero-order valence-corrected chi connectivity index (χ0v) is 13.6. The summed E-state index contributed by atoms with van der Waals surface area (Å²) in [7, 11) is 1.69. The van der Waals surface area contributed by atoms with E-state index < -0.39 is 0 Å². The van der Waals surface area contributed by atoms with Crippen LogP contribution in [0.1, 0.15) is 26.4 Å². The topological polar surface area (TPSA) is 9.23 Å². The fourth-order valence-electron chi connectivity index (χ4n) is 1.80. The standard InChI is InChI=1S/C14H14BrClOS/c1-8-6-10(11(16)7-9(8)2)13(15)14-12(17-3)4-5-18-14/h4-7,13H,1-3H3. The summed E-state index contributed by atoms with van der Waals surface area (Å²) >= 11 is 11.7. The molecule has 0 aliphatic rings. The molecule has 0 spiro atoms. The van der Waals surface area contributed by atoms with Crippen molar-refractivity contribution in [3.05, 3.63) is 50.2 Å². The number of aryl methyl sites for hydroxylation is 2. The maximum atomic E-state index is 6.34. The monoisotopic (exact) mass is 344 g/mol. The van der Waals surface area contributed by atoms with Gasteiger partial charge in [0.1, 0.15) is 5.75 Å². The van der Waals surface area contributed by atoms with Crippen LogP contribution in [0.5, 0.6) is 5.75 Å². The maximum Gasteiger partial charge on any atom is 0.134 e. The highest BCUT2D eigenvalue weighted by atomic mass is 79.9. The van der Waals surface area contributed by atoms with E-state index in [2.05, 4.69) is 35.8 Å². The average molecular weight is 346 g/mol. The van der Waals surface area contributed by atoms with Crippen molar-refractivity contribution in [1.82, 2.24) is 0 Å². The Morgan fingerprint density at radius 1 is 1.28 bits per heavy atom. The molecule has 1 heterocycles. The van der Waals surface area contributed by atoms with Gasteiger partial charge in [-0.15, -0.1) is 11.3 Å². The van der Waals surface area contributed by atoms with Crippen molar-refractivity contribution in [2.24, 2.45) is 0 Å². The highest BCUT2D eigenvalue weighted by Gasteiger charge is 2.19. The predicted octanol–water partition coefficient (Wildman–Crippen LogP) is 5.51. The normalized spacial score (nSPS) is 12.5. The minimum Gasteiger partial charge on any atom is -0.496 e. The molecule has 0 saturated heterocycles. The molecule has 96 valence electrons. The van der Waals surface area contributed by atoms with Gasteiger partial charge in [-0.25, -0.2) is 0 Å². The minimum absolute atomic E-state index is 0.0687. The summed E-state index contributed by atoms with van der Waals surface area (Å²) in [6, 6.07) is 6.13. The van der Waals surface area contributed by atoms with E-state index in [-0.39, 0.29) is 4.83 Å². The summed E-state index contributed by atoms with van der Waals surface area (Å²) in [4.78, 5) is 1.21. The molecule has 0 aliphatic heterocycles. The molecule has 0 N–H and O–H groups in total. The first kappa shape index (κ1) is 13.9. The Bertz CT molecular complexity index is 565. The van der Waals surface area contributed by atoms with Crippen molar-refractivity contribution in [3.8, 4) is 5.75 Å². The molecule has 0 aliphatic carbocycles. The molecule has 4 heteroatoms. The largest absolute Gasteiger partial charge is 0.496 e. The number of alkyl halides is 1. The fourth-order valence-corrected chi connectivity index (χ4v) is 4.04. The van der Waals surface area contributed by atoms with E-state index in [1.54, 1.807) is 18.4 Å². The van der Waals surface area contributed by atoms with Gasteiger partial charge in [0.05, 0.1) is 16.8 Å². The van der Waals surface area contributed by atoms with E-state index >= 15 is 0 Å². The molecule has 0 amide bonds. The number of halogens is 2. The second-order valence-corrected chi connectivity index (χ2v) is 6.44. The highest BCUT2D eigenvalue weighted by molar-refractivity contribution is 9.09. The summed E-state index contributed by atoms with van der Waals surface area (Å²) in [5.41, 5.74) is 3.54. The average Bonchev–Trinajstić information content (AvgIpc) is 2.81. The predicted molar refractivity (Wildman–Crippen MR) is 82.6 cm³/mol. The molecule has 0 fully saturated rings. The number of methoxy groups -OCH3 is 1. The second kappa shape index (κ2) is 5.64. The summed E-state index contributed by atoms with van der Waals surface area (Å²) in [6.07, 6.45) is 0. The van der Waals surface area contributed by atoms with Gasteiger partial charge in [-0.2, -0.15) is 0 Å². The third kappa shape index (κ3) is 2.58. The number of rotatable bonds is 3. The van der Waals surface area contributed by atoms with Crippen LogP contribution < -0.4 is 4.74 Å². The van der Waals surface area contributed by atoms with Crippen LogP contribution in [-0.4, -0.2) is 7.11 Å². The third-order valence-corrected chi connectivity index (χ3v) is 5.54. The van der Waals surface area contributed by atoms with Gasteiger partial charge in [-0.1, -0.05) is 33.6 Å². The lowest BCUT2D eigenvalue weighted by molar-refractivity contribution is 0.413. The summed E-state index contributed by atoms with van der Waals surface area (Å²) in [5, 5.41) is 2.81. The van der Waals surface area contributed by atoms with Crippen molar-refractivity contribution in [3.63, 3.8) is 0 Å². The van der Waals surface area contributed by atoms with Crippen molar-refractivity contribution in [1.29, 1.82) is 0 Å². The fraction of sp³-hybridized carbons (Fsp3) is 0.286. The number of hydrogen-bond acceptors (Lipinski definition) is 2. The van der Waals surface area contributed by atoms with Crippen molar-refractivity contribution < 1.29 is 4.74 Å². The maximum absolute atomic E-state index is 6.34. The van der Waals surface area contributed by atoms with Crippen molar-refractivity contribution in [2.45, 2.75) is 18.7 Å². The van der Waals surface area contributed by atoms with E-state index in [4.69, 9.17) is 16.3 Å². The van der Waals surface area contributed by atoms with Gasteiger partial charge in [-0.3, -0.25) is 0 Å². The smallest absolute Gasteiger partial charge is 0.134 e. The Labute approximate surface area is 125 Å². The highest BCUT2D eigenvalue weighted by Crippen LogP contribution is 2.43. The van der Waals surface area contributed by atoms with Gasteiger partial charge >= 0.3 is 0 Å². The van der Waals surface area contributed by atoms with Gasteiger partial charge in [0.15, 0.2) is 0 Å². The molecule has 0 saturated carbocycles. The molecule has 1 aromatic carbocycles. The molecule has 1 atom stereocenters. The first-order chi connectivity index (χ1) is 8.54. The third-order valence-electron chi connectivity index (χ3n) is 2.99. The number of ether oxygens (including phenoxy) is 1. The van der Waals surface area contributed by atoms with Crippen LogP contribution in [0.2, 0.25) is 5.02 Å². The van der Waals surface area contributed by atoms with Crippen molar-refractivity contribution in [2.75, 3.05) is 7.11 Å². The van der Waals surface area contributed by atoms with Gasteiger partial charge < -0.3 is 4.74 Å². The van der Waals surface area contributed by atoms with Gasteiger partial charge in [-0.05, 0) is 48.1 Å². The molecule has 1 nitrogen and oxygen atoms in total. The number of hydrogen-bond donors (Lipinski definition) is 0. The van der Waals surface area contributed by atoms with E-state index in [9.17, 15) is 0 Å². The zero-order valence-electron chi connectivity index (χ0n) is 10.5. The first-order valence-corrected chi connectivity index (χ1v) is 7.74. The first-order valence-electron chi connectivity index (χ1n) is 5.56. The lowest BCUT2D eigenvalue weighted by atomic mass is 10.0. The Hall–Kier alpha value is -0.510. The van der Waals surface area contributed by atoms with E-state index in [1.807, 2.05) is 17.5 Å². The Kier molecular flexibility index (Phi) is 4.36. The minimum atomic E-state index is 0.0687. The second-order valence-electron chi connectivity index (χ2n) is 4.17. The van der Waals surface area contributed by atoms with Gasteiger partial charge in [0.25, 0.3) is 0 Å². The lowest BCUT2D eigenvalue weighted by Gasteiger charge is -2.14. The van der Waals surface area contributed by atoms with E-state index in [0.29, 0.717) is 0 Å². The molecule has 0 radical (unpaired) electrons. The van der Waals surface area contributed by atoms with Crippen LogP contribution in [-0.2, 0) is 0 Å². The molecule has 0 bridgehead atoms. The summed E-state index contributed by atoms with van der Waals surface area (Å²) < 4.78 is 5.36. The van der Waals surface area contributed by atoms with Crippen molar-refractivity contribution >= 4 is 38.9 Å². The summed E-state index contributed by atoms with van der Waals surface area (Å²) in [5.74, 6) is 0.899. The zero-order chi connectivity index (χ0) is 13.3. The van der Waals surface area contributed by atoms with Gasteiger partial charge in [0.2, 0.25) is 0 Å². The Morgan fingerprint density at radius 3 is 2.61 bits per heavy atom. The van der Waals surface area contributed by atoms with Crippen LogP contribution in [0.25, 0.3) is 0 Å². The van der Waals surface area contributed by atoms with Crippen LogP contribution in [0.3, 0.4) is 0 Å². The Morgan fingerprint density at radius 2 is 1.94 bits per heavy atom. The van der Waals surface area contributed by atoms with E-state index in [0.717, 1.165) is 21.2 Å². The van der Waals surface area contributed by atoms with Gasteiger partial charge in [0, 0.05) is 5.02 Å². The van der Waals surface area contributed by atoms with Crippen LogP contribution in [0.4, 0.5) is 0 Å². The van der Waals surface area contributed by atoms with Crippen LogP contribution in [0, 0.1) is 13.8 Å². The van der Waals surface area contributed by atoms with Crippen LogP contribution in [0.15, 0.2) is 23.6 Å². The quantitative estimate of drug-likeness (QED) is 0.666. The number of thiophene rings is 1. The summed E-state index contributed by atoms with van der Waals surface area (Å²) in [6.45, 7) is 4.17. The lowest BCUT2D eigenvalue weighted by Crippen LogP contribution is -1.96. The molecule has 1 aromatic heterocycles. The molecule has 2 aromatic rings. The van der Waals surface area contributed by atoms with Crippen LogP contribution >= 0.6 is 38.9 Å². The SMILES string of the molecule is COc1ccsc1C(Br)c1cc(C)c(C)cc1Cl. The number of benzene rings is 1. The Balaban J connectivity index is 2.46. The molecular weight excluding hydrogens is 332 g/mol. The van der Waals surface area contributed by atoms with E-state index in [1.165, 1.54) is 11.1 Å².